The van der Waals surface area contributed by atoms with Crippen molar-refractivity contribution in [2.45, 2.75) is 97.4 Å². The number of rotatable bonds is 21. The van der Waals surface area contributed by atoms with E-state index in [1.54, 1.807) is 48.6 Å². The maximum atomic E-state index is 12.7. The van der Waals surface area contributed by atoms with Gasteiger partial charge in [-0.3, -0.25) is 9.59 Å². The SMILES string of the molecule is CCCCCCCCCCCC(=O)Oc1ccc(C(O)C=Cc2ccc(OCc3ccccc3)cc2OC(C)=O)c(OCc2ccccc2)c1. The van der Waals surface area contributed by atoms with Gasteiger partial charge < -0.3 is 24.1 Å². The number of carbonyl (C=O) groups excluding carboxylic acids is 2. The monoisotopic (exact) mass is 678 g/mol. The van der Waals surface area contributed by atoms with Gasteiger partial charge in [-0.2, -0.15) is 0 Å². The minimum absolute atomic E-state index is 0.265. The number of benzene rings is 4. The Morgan fingerprint density at radius 3 is 1.88 bits per heavy atom. The van der Waals surface area contributed by atoms with Gasteiger partial charge >= 0.3 is 11.9 Å². The molecule has 50 heavy (non-hydrogen) atoms. The van der Waals surface area contributed by atoms with Crippen molar-refractivity contribution in [1.29, 1.82) is 0 Å². The summed E-state index contributed by atoms with van der Waals surface area (Å²) in [5, 5.41) is 11.3. The molecule has 0 heterocycles. The van der Waals surface area contributed by atoms with Crippen LogP contribution in [0.15, 0.2) is 103 Å². The Balaban J connectivity index is 1.42. The first kappa shape index (κ1) is 37.9. The number of esters is 2. The van der Waals surface area contributed by atoms with E-state index in [0.29, 0.717) is 47.2 Å². The number of hydrogen-bond acceptors (Lipinski definition) is 7. The van der Waals surface area contributed by atoms with Crippen LogP contribution >= 0.6 is 0 Å². The van der Waals surface area contributed by atoms with Crippen molar-refractivity contribution in [3.05, 3.63) is 125 Å². The fourth-order valence-corrected chi connectivity index (χ4v) is 5.47. The molecule has 264 valence electrons. The van der Waals surface area contributed by atoms with Crippen molar-refractivity contribution < 1.29 is 33.6 Å². The first-order valence-corrected chi connectivity index (χ1v) is 17.8. The predicted molar refractivity (Wildman–Crippen MR) is 197 cm³/mol. The van der Waals surface area contributed by atoms with Gasteiger partial charge in [0.25, 0.3) is 0 Å². The molecule has 0 saturated heterocycles. The van der Waals surface area contributed by atoms with E-state index in [1.165, 1.54) is 45.4 Å². The number of carbonyl (C=O) groups is 2. The van der Waals surface area contributed by atoms with E-state index in [-0.39, 0.29) is 12.6 Å². The van der Waals surface area contributed by atoms with Crippen LogP contribution in [-0.4, -0.2) is 17.0 Å². The molecule has 0 aliphatic rings. The van der Waals surface area contributed by atoms with Crippen molar-refractivity contribution in [2.24, 2.45) is 0 Å². The third-order valence-corrected chi connectivity index (χ3v) is 8.20. The Morgan fingerprint density at radius 1 is 0.660 bits per heavy atom. The average molecular weight is 679 g/mol. The second-order valence-electron chi connectivity index (χ2n) is 12.4. The zero-order valence-electron chi connectivity index (χ0n) is 29.4. The Bertz CT molecular complexity index is 1630. The van der Waals surface area contributed by atoms with Gasteiger partial charge in [0.15, 0.2) is 0 Å². The number of unbranched alkanes of at least 4 members (excludes halogenated alkanes) is 8. The van der Waals surface area contributed by atoms with Crippen LogP contribution in [0.25, 0.3) is 6.08 Å². The Morgan fingerprint density at radius 2 is 1.24 bits per heavy atom. The van der Waals surface area contributed by atoms with E-state index in [0.717, 1.165) is 30.4 Å². The zero-order chi connectivity index (χ0) is 35.4. The molecule has 0 fully saturated rings. The first-order chi connectivity index (χ1) is 24.4. The molecule has 4 rings (SSSR count). The highest BCUT2D eigenvalue weighted by Crippen LogP contribution is 2.33. The number of ether oxygens (including phenoxy) is 4. The molecule has 0 aliphatic carbocycles. The van der Waals surface area contributed by atoms with Crippen LogP contribution < -0.4 is 18.9 Å². The molecule has 0 bridgehead atoms. The number of aliphatic hydroxyl groups excluding tert-OH is 1. The Hall–Kier alpha value is -4.88. The Labute approximate surface area is 296 Å². The lowest BCUT2D eigenvalue weighted by atomic mass is 10.1. The summed E-state index contributed by atoms with van der Waals surface area (Å²) in [7, 11) is 0. The summed E-state index contributed by atoms with van der Waals surface area (Å²) >= 11 is 0. The third kappa shape index (κ3) is 13.6. The second kappa shape index (κ2) is 21.3. The summed E-state index contributed by atoms with van der Waals surface area (Å²) in [6.45, 7) is 4.19. The first-order valence-electron chi connectivity index (χ1n) is 17.8. The molecule has 7 nitrogen and oxygen atoms in total. The minimum Gasteiger partial charge on any atom is -0.489 e. The molecule has 0 aliphatic heterocycles. The maximum absolute atomic E-state index is 12.7. The van der Waals surface area contributed by atoms with Gasteiger partial charge in [-0.25, -0.2) is 0 Å². The van der Waals surface area contributed by atoms with Crippen molar-refractivity contribution in [3.63, 3.8) is 0 Å². The lowest BCUT2D eigenvalue weighted by molar-refractivity contribution is -0.134. The molecule has 7 heteroatoms. The van der Waals surface area contributed by atoms with Crippen LogP contribution in [0.4, 0.5) is 0 Å². The molecule has 4 aromatic rings. The molecule has 1 N–H and O–H groups in total. The van der Waals surface area contributed by atoms with Crippen molar-refractivity contribution in [2.75, 3.05) is 0 Å². The van der Waals surface area contributed by atoms with Gasteiger partial charge in [0.05, 0.1) is 0 Å². The molecular formula is C43H50O7. The van der Waals surface area contributed by atoms with Crippen LogP contribution in [0, 0.1) is 0 Å². The van der Waals surface area contributed by atoms with Gasteiger partial charge in [0, 0.05) is 36.6 Å². The van der Waals surface area contributed by atoms with E-state index in [9.17, 15) is 14.7 Å². The van der Waals surface area contributed by atoms with E-state index in [2.05, 4.69) is 6.92 Å². The summed E-state index contributed by atoms with van der Waals surface area (Å²) in [4.78, 5) is 24.6. The van der Waals surface area contributed by atoms with E-state index >= 15 is 0 Å². The quantitative estimate of drug-likeness (QED) is 0.0533. The van der Waals surface area contributed by atoms with E-state index in [4.69, 9.17) is 18.9 Å². The number of hydrogen-bond donors (Lipinski definition) is 1. The molecule has 0 aromatic heterocycles. The van der Waals surface area contributed by atoms with Crippen LogP contribution in [0.3, 0.4) is 0 Å². The summed E-state index contributed by atoms with van der Waals surface area (Å²) in [6.07, 6.45) is 13.1. The molecule has 4 aromatic carbocycles. The number of aliphatic hydroxyl groups is 1. The second-order valence-corrected chi connectivity index (χ2v) is 12.4. The van der Waals surface area contributed by atoms with E-state index < -0.39 is 12.1 Å². The Kier molecular flexibility index (Phi) is 16.1. The highest BCUT2D eigenvalue weighted by atomic mass is 16.5. The largest absolute Gasteiger partial charge is 0.489 e. The van der Waals surface area contributed by atoms with Gasteiger partial charge in [0.2, 0.25) is 0 Å². The zero-order valence-corrected chi connectivity index (χ0v) is 29.4. The van der Waals surface area contributed by atoms with Gasteiger partial charge in [-0.05, 0) is 41.8 Å². The molecule has 1 atom stereocenters. The maximum Gasteiger partial charge on any atom is 0.311 e. The predicted octanol–water partition coefficient (Wildman–Crippen LogP) is 10.3. The molecule has 0 amide bonds. The lowest BCUT2D eigenvalue weighted by Crippen LogP contribution is -2.08. The van der Waals surface area contributed by atoms with Gasteiger partial charge in [-0.1, -0.05) is 131 Å². The topological polar surface area (TPSA) is 91.3 Å². The fourth-order valence-electron chi connectivity index (χ4n) is 5.47. The minimum atomic E-state index is -1.08. The van der Waals surface area contributed by atoms with E-state index in [1.807, 2.05) is 60.7 Å². The van der Waals surface area contributed by atoms with Crippen LogP contribution in [0.1, 0.15) is 106 Å². The third-order valence-electron chi connectivity index (χ3n) is 8.20. The van der Waals surface area contributed by atoms with Crippen LogP contribution in [0.5, 0.6) is 23.0 Å². The lowest BCUT2D eigenvalue weighted by Gasteiger charge is -2.16. The van der Waals surface area contributed by atoms with Crippen molar-refractivity contribution >= 4 is 18.0 Å². The molecular weight excluding hydrogens is 628 g/mol. The molecule has 0 radical (unpaired) electrons. The summed E-state index contributed by atoms with van der Waals surface area (Å²) in [5.74, 6) is 0.842. The summed E-state index contributed by atoms with van der Waals surface area (Å²) in [5.41, 5.74) is 3.04. The summed E-state index contributed by atoms with van der Waals surface area (Å²) in [6, 6.07) is 29.7. The highest BCUT2D eigenvalue weighted by molar-refractivity contribution is 5.73. The molecule has 0 spiro atoms. The molecule has 0 saturated carbocycles. The summed E-state index contributed by atoms with van der Waals surface area (Å²) < 4.78 is 23.2. The van der Waals surface area contributed by atoms with Crippen LogP contribution in [-0.2, 0) is 22.8 Å². The van der Waals surface area contributed by atoms with Crippen molar-refractivity contribution in [1.82, 2.24) is 0 Å². The smallest absolute Gasteiger partial charge is 0.311 e. The molecule has 1 unspecified atom stereocenters. The standard InChI is InChI=1S/C43H50O7/c1-3-4-5-6-7-8-9-10-17-22-43(46)50-38-26-27-39(42(30-38)48-32-35-20-15-12-16-21-35)40(45)28-24-36-23-25-37(29-41(36)49-33(2)44)47-31-34-18-13-11-14-19-34/h11-16,18-21,23-30,40,45H,3-10,17,22,31-32H2,1-2H3. The fraction of sp³-hybridized carbons (Fsp3) is 0.349. The average Bonchev–Trinajstić information content (AvgIpc) is 3.12. The van der Waals surface area contributed by atoms with Gasteiger partial charge in [0.1, 0.15) is 42.3 Å². The van der Waals surface area contributed by atoms with Crippen LogP contribution in [0.2, 0.25) is 0 Å². The normalized spacial score (nSPS) is 11.7. The highest BCUT2D eigenvalue weighted by Gasteiger charge is 2.16. The van der Waals surface area contributed by atoms with Crippen molar-refractivity contribution in [3.8, 4) is 23.0 Å². The van der Waals surface area contributed by atoms with Gasteiger partial charge in [-0.15, -0.1) is 0 Å².